The van der Waals surface area contributed by atoms with E-state index in [1.54, 1.807) is 33.0 Å². The van der Waals surface area contributed by atoms with Gasteiger partial charge in [-0.05, 0) is 44.5 Å². The first-order valence-electron chi connectivity index (χ1n) is 8.34. The fourth-order valence-corrected chi connectivity index (χ4v) is 2.14. The molecular formula is C18H24N2O6. The highest BCUT2D eigenvalue weighted by atomic mass is 16.5. The minimum atomic E-state index is -0.954. The van der Waals surface area contributed by atoms with Crippen molar-refractivity contribution in [1.82, 2.24) is 5.32 Å². The summed E-state index contributed by atoms with van der Waals surface area (Å²) in [6.07, 6.45) is 0.720. The second kappa shape index (κ2) is 10.9. The smallest absolute Gasteiger partial charge is 0.328 e. The van der Waals surface area contributed by atoms with Gasteiger partial charge in [-0.1, -0.05) is 0 Å². The van der Waals surface area contributed by atoms with Crippen LogP contribution in [0.15, 0.2) is 24.3 Å². The van der Waals surface area contributed by atoms with Crippen LogP contribution in [0.4, 0.5) is 5.69 Å². The van der Waals surface area contributed by atoms with Gasteiger partial charge in [-0.25, -0.2) is 4.79 Å². The lowest BCUT2D eigenvalue weighted by molar-refractivity contribution is -0.146. The van der Waals surface area contributed by atoms with E-state index in [0.717, 1.165) is 0 Å². The lowest BCUT2D eigenvalue weighted by atomic mass is 10.1. The molecule has 2 amide bonds. The van der Waals surface area contributed by atoms with Gasteiger partial charge in [0.15, 0.2) is 0 Å². The lowest BCUT2D eigenvalue weighted by Gasteiger charge is -2.17. The van der Waals surface area contributed by atoms with Crippen LogP contribution in [0, 0.1) is 0 Å². The highest BCUT2D eigenvalue weighted by Crippen LogP contribution is 2.13. The van der Waals surface area contributed by atoms with Crippen LogP contribution in [0.5, 0.6) is 0 Å². The number of amides is 2. The van der Waals surface area contributed by atoms with E-state index in [0.29, 0.717) is 17.7 Å². The van der Waals surface area contributed by atoms with Crippen molar-refractivity contribution < 1.29 is 28.7 Å². The number of benzene rings is 1. The highest BCUT2D eigenvalue weighted by molar-refractivity contribution is 5.97. The zero-order valence-corrected chi connectivity index (χ0v) is 15.2. The molecule has 0 fully saturated rings. The number of hydrogen-bond acceptors (Lipinski definition) is 6. The molecule has 1 unspecified atom stereocenters. The number of carbonyl (C=O) groups is 4. The van der Waals surface area contributed by atoms with Crippen molar-refractivity contribution in [2.75, 3.05) is 25.2 Å². The minimum Gasteiger partial charge on any atom is -0.466 e. The van der Waals surface area contributed by atoms with E-state index in [9.17, 15) is 19.2 Å². The largest absolute Gasteiger partial charge is 0.466 e. The summed E-state index contributed by atoms with van der Waals surface area (Å²) in [5, 5.41) is 2.57. The van der Waals surface area contributed by atoms with Gasteiger partial charge in [0.25, 0.3) is 5.91 Å². The van der Waals surface area contributed by atoms with Crippen molar-refractivity contribution >= 4 is 29.9 Å². The summed E-state index contributed by atoms with van der Waals surface area (Å²) < 4.78 is 9.78. The van der Waals surface area contributed by atoms with Gasteiger partial charge in [-0.3, -0.25) is 14.4 Å². The molecule has 26 heavy (non-hydrogen) atoms. The molecule has 1 aromatic rings. The quantitative estimate of drug-likeness (QED) is 0.496. The monoisotopic (exact) mass is 364 g/mol. The second-order valence-electron chi connectivity index (χ2n) is 5.38. The standard InChI is InChI=1S/C18H24N2O6/c1-4-25-16(22)11-10-15(18(24)26-5-2)19-17(23)13-6-8-14(9-7-13)20(3)12-21/h6-9,12,15H,4-5,10-11H2,1-3H3,(H,19,23). The van der Waals surface area contributed by atoms with E-state index in [4.69, 9.17) is 9.47 Å². The molecule has 8 heteroatoms. The highest BCUT2D eigenvalue weighted by Gasteiger charge is 2.24. The Morgan fingerprint density at radius 2 is 1.73 bits per heavy atom. The molecule has 1 atom stereocenters. The third kappa shape index (κ3) is 6.54. The number of hydrogen-bond donors (Lipinski definition) is 1. The minimum absolute atomic E-state index is 0.0132. The van der Waals surface area contributed by atoms with Crippen LogP contribution in [0.2, 0.25) is 0 Å². The summed E-state index contributed by atoms with van der Waals surface area (Å²) in [7, 11) is 1.59. The molecule has 0 bridgehead atoms. The fraction of sp³-hybridized carbons (Fsp3) is 0.444. The van der Waals surface area contributed by atoms with Gasteiger partial charge in [0, 0.05) is 24.7 Å². The van der Waals surface area contributed by atoms with Crippen LogP contribution in [-0.4, -0.2) is 50.6 Å². The summed E-state index contributed by atoms with van der Waals surface area (Å²) in [6.45, 7) is 3.76. The van der Waals surface area contributed by atoms with Crippen LogP contribution < -0.4 is 10.2 Å². The molecule has 1 N–H and O–H groups in total. The van der Waals surface area contributed by atoms with Crippen molar-refractivity contribution in [3.8, 4) is 0 Å². The van der Waals surface area contributed by atoms with Gasteiger partial charge in [-0.15, -0.1) is 0 Å². The first-order valence-corrected chi connectivity index (χ1v) is 8.34. The number of nitrogens with one attached hydrogen (secondary N) is 1. The number of nitrogens with zero attached hydrogens (tertiary/aromatic N) is 1. The molecule has 0 radical (unpaired) electrons. The van der Waals surface area contributed by atoms with E-state index in [1.807, 2.05) is 0 Å². The van der Waals surface area contributed by atoms with E-state index < -0.39 is 23.9 Å². The van der Waals surface area contributed by atoms with Crippen LogP contribution >= 0.6 is 0 Å². The van der Waals surface area contributed by atoms with Gasteiger partial charge in [0.1, 0.15) is 6.04 Å². The third-order valence-corrected chi connectivity index (χ3v) is 3.51. The second-order valence-corrected chi connectivity index (χ2v) is 5.38. The average molecular weight is 364 g/mol. The fourth-order valence-electron chi connectivity index (χ4n) is 2.14. The van der Waals surface area contributed by atoms with E-state index in [1.165, 1.54) is 17.0 Å². The van der Waals surface area contributed by atoms with Gasteiger partial charge in [-0.2, -0.15) is 0 Å². The van der Waals surface area contributed by atoms with Gasteiger partial charge in [0.2, 0.25) is 6.41 Å². The average Bonchev–Trinajstić information content (AvgIpc) is 2.64. The number of esters is 2. The maximum Gasteiger partial charge on any atom is 0.328 e. The van der Waals surface area contributed by atoms with E-state index >= 15 is 0 Å². The molecule has 0 aliphatic rings. The molecular weight excluding hydrogens is 340 g/mol. The Morgan fingerprint density at radius 1 is 1.12 bits per heavy atom. The summed E-state index contributed by atoms with van der Waals surface area (Å²) in [4.78, 5) is 48.0. The Labute approximate surface area is 152 Å². The molecule has 0 spiro atoms. The molecule has 0 saturated heterocycles. The van der Waals surface area contributed by atoms with Crippen molar-refractivity contribution in [3.63, 3.8) is 0 Å². The normalized spacial score (nSPS) is 11.2. The van der Waals surface area contributed by atoms with Crippen molar-refractivity contribution in [2.45, 2.75) is 32.7 Å². The van der Waals surface area contributed by atoms with Crippen LogP contribution in [0.25, 0.3) is 0 Å². The number of rotatable bonds is 10. The van der Waals surface area contributed by atoms with Gasteiger partial charge in [0.05, 0.1) is 13.2 Å². The Morgan fingerprint density at radius 3 is 2.27 bits per heavy atom. The summed E-state index contributed by atoms with van der Waals surface area (Å²) in [5.74, 6) is -1.54. The lowest BCUT2D eigenvalue weighted by Crippen LogP contribution is -2.42. The predicted molar refractivity (Wildman–Crippen MR) is 94.7 cm³/mol. The Balaban J connectivity index is 2.78. The van der Waals surface area contributed by atoms with Crippen LogP contribution in [0.3, 0.4) is 0 Å². The van der Waals surface area contributed by atoms with Crippen molar-refractivity contribution in [3.05, 3.63) is 29.8 Å². The maximum atomic E-state index is 12.4. The molecule has 0 aliphatic heterocycles. The molecule has 0 saturated carbocycles. The summed E-state index contributed by atoms with van der Waals surface area (Å²) in [5.41, 5.74) is 0.944. The Kier molecular flexibility index (Phi) is 8.83. The maximum absolute atomic E-state index is 12.4. The van der Waals surface area contributed by atoms with E-state index in [2.05, 4.69) is 5.32 Å². The SMILES string of the molecule is CCOC(=O)CCC(NC(=O)c1ccc(N(C)C=O)cc1)C(=O)OCC. The Hall–Kier alpha value is -2.90. The van der Waals surface area contributed by atoms with Crippen LogP contribution in [-0.2, 0) is 23.9 Å². The molecule has 0 aliphatic carbocycles. The Bertz CT molecular complexity index is 629. The summed E-state index contributed by atoms with van der Waals surface area (Å²) in [6, 6.07) is 5.35. The molecule has 1 aromatic carbocycles. The number of ether oxygens (including phenoxy) is 2. The molecule has 8 nitrogen and oxygen atoms in total. The predicted octanol–water partition coefficient (Wildman–Crippen LogP) is 1.28. The third-order valence-electron chi connectivity index (χ3n) is 3.51. The molecule has 0 heterocycles. The van der Waals surface area contributed by atoms with Gasteiger partial charge < -0.3 is 19.7 Å². The van der Waals surface area contributed by atoms with Crippen molar-refractivity contribution in [2.24, 2.45) is 0 Å². The first kappa shape index (κ1) is 21.1. The van der Waals surface area contributed by atoms with Gasteiger partial charge >= 0.3 is 11.9 Å². The van der Waals surface area contributed by atoms with Crippen molar-refractivity contribution in [1.29, 1.82) is 0 Å². The molecule has 142 valence electrons. The zero-order valence-electron chi connectivity index (χ0n) is 15.2. The van der Waals surface area contributed by atoms with Crippen LogP contribution in [0.1, 0.15) is 37.0 Å². The summed E-state index contributed by atoms with van der Waals surface area (Å²) >= 11 is 0. The number of anilines is 1. The number of carbonyl (C=O) groups excluding carboxylic acids is 4. The topological polar surface area (TPSA) is 102 Å². The first-order chi connectivity index (χ1) is 12.4. The molecule has 1 rings (SSSR count). The van der Waals surface area contributed by atoms with E-state index in [-0.39, 0.29) is 26.1 Å². The molecule has 0 aromatic heterocycles. The zero-order chi connectivity index (χ0) is 19.5.